The number of nitrogens with zero attached hydrogens (tertiary/aromatic N) is 1. The van der Waals surface area contributed by atoms with Crippen LogP contribution in [0.2, 0.25) is 0 Å². The third kappa shape index (κ3) is 3.50. The Hall–Kier alpha value is -1.80. The molecule has 0 spiro atoms. The van der Waals surface area contributed by atoms with Gasteiger partial charge in [0.1, 0.15) is 18.0 Å². The van der Waals surface area contributed by atoms with Crippen molar-refractivity contribution in [2.24, 2.45) is 0 Å². The number of hydrogen-bond acceptors (Lipinski definition) is 5. The van der Waals surface area contributed by atoms with E-state index in [1.54, 1.807) is 20.8 Å². The lowest BCUT2D eigenvalue weighted by Gasteiger charge is -2.31. The van der Waals surface area contributed by atoms with E-state index < -0.39 is 21.7 Å². The van der Waals surface area contributed by atoms with Gasteiger partial charge in [0, 0.05) is 0 Å². The monoisotopic (exact) mass is 328 g/mol. The zero-order valence-corrected chi connectivity index (χ0v) is 13.9. The summed E-state index contributed by atoms with van der Waals surface area (Å²) >= 11 is 0. The number of anilines is 1. The van der Waals surface area contributed by atoms with Crippen LogP contribution >= 0.6 is 0 Å². The number of sulfonamides is 1. The second kappa shape index (κ2) is 5.77. The fourth-order valence-corrected chi connectivity index (χ4v) is 2.74. The number of fused-ring (bicyclic) bond motifs is 1. The maximum absolute atomic E-state index is 12.3. The Labute approximate surface area is 130 Å². The van der Waals surface area contributed by atoms with E-state index in [1.807, 2.05) is 0 Å². The molecule has 7 nitrogen and oxygen atoms in total. The summed E-state index contributed by atoms with van der Waals surface area (Å²) in [7, 11) is -2.27. The summed E-state index contributed by atoms with van der Waals surface area (Å²) in [4.78, 5) is 13.7. The average molecular weight is 328 g/mol. The second-order valence-electron chi connectivity index (χ2n) is 5.82. The first-order chi connectivity index (χ1) is 10.1. The summed E-state index contributed by atoms with van der Waals surface area (Å²) in [5.41, 5.74) is -0.249. The normalized spacial score (nSPS) is 15.0. The van der Waals surface area contributed by atoms with Crippen LogP contribution < -0.4 is 14.4 Å². The lowest BCUT2D eigenvalue weighted by atomic mass is 10.2. The van der Waals surface area contributed by atoms with E-state index in [0.717, 1.165) is 0 Å². The maximum atomic E-state index is 12.3. The van der Waals surface area contributed by atoms with Crippen molar-refractivity contribution in [3.63, 3.8) is 0 Å². The van der Waals surface area contributed by atoms with Gasteiger partial charge in [-0.15, -0.1) is 0 Å². The molecule has 0 fully saturated rings. The molecule has 0 atom stereocenters. The summed E-state index contributed by atoms with van der Waals surface area (Å²) in [6.45, 7) is 5.94. The summed E-state index contributed by atoms with van der Waals surface area (Å²) in [6.07, 6.45) is -0.531. The fraction of sp³-hybridized carbons (Fsp3) is 0.500. The molecular weight excluding hydrogens is 308 g/mol. The average Bonchev–Trinajstić information content (AvgIpc) is 2.44. The Morgan fingerprint density at radius 2 is 2.05 bits per heavy atom. The number of carbonyl (C=O) groups is 1. The summed E-state index contributed by atoms with van der Waals surface area (Å²) in [5, 5.41) is 0. The van der Waals surface area contributed by atoms with Crippen LogP contribution in [0.15, 0.2) is 23.1 Å². The van der Waals surface area contributed by atoms with E-state index in [4.69, 9.17) is 9.47 Å². The van der Waals surface area contributed by atoms with Crippen molar-refractivity contribution in [2.75, 3.05) is 25.1 Å². The van der Waals surface area contributed by atoms with Crippen molar-refractivity contribution in [1.82, 2.24) is 4.72 Å². The minimum atomic E-state index is -3.60. The molecule has 8 heteroatoms. The summed E-state index contributed by atoms with van der Waals surface area (Å²) in [6, 6.07) is 4.38. The molecule has 0 saturated carbocycles. The van der Waals surface area contributed by atoms with Gasteiger partial charge in [-0.2, -0.15) is 0 Å². The van der Waals surface area contributed by atoms with E-state index in [-0.39, 0.29) is 4.90 Å². The predicted octanol–water partition coefficient (Wildman–Crippen LogP) is 1.73. The van der Waals surface area contributed by atoms with Gasteiger partial charge < -0.3 is 9.47 Å². The van der Waals surface area contributed by atoms with Crippen LogP contribution in [0.1, 0.15) is 20.8 Å². The van der Waals surface area contributed by atoms with Crippen LogP contribution in [0, 0.1) is 0 Å². The van der Waals surface area contributed by atoms with Crippen LogP contribution in [0.25, 0.3) is 0 Å². The van der Waals surface area contributed by atoms with Gasteiger partial charge in [0.15, 0.2) is 0 Å². The summed E-state index contributed by atoms with van der Waals surface area (Å²) < 4.78 is 36.9. The topological polar surface area (TPSA) is 84.9 Å². The molecule has 1 heterocycles. The molecule has 1 aliphatic heterocycles. The highest BCUT2D eigenvalue weighted by Gasteiger charge is 2.29. The van der Waals surface area contributed by atoms with Gasteiger partial charge in [0.25, 0.3) is 0 Å². The van der Waals surface area contributed by atoms with Crippen molar-refractivity contribution in [2.45, 2.75) is 31.3 Å². The van der Waals surface area contributed by atoms with E-state index in [0.29, 0.717) is 24.6 Å². The quantitative estimate of drug-likeness (QED) is 0.893. The highest BCUT2D eigenvalue weighted by atomic mass is 32.2. The molecule has 1 amide bonds. The van der Waals surface area contributed by atoms with E-state index in [1.165, 1.54) is 30.1 Å². The molecule has 0 saturated heterocycles. The minimum absolute atomic E-state index is 0.0628. The van der Waals surface area contributed by atoms with Gasteiger partial charge >= 0.3 is 6.09 Å². The first-order valence-corrected chi connectivity index (χ1v) is 8.33. The molecule has 1 aromatic rings. The third-order valence-corrected chi connectivity index (χ3v) is 4.40. The number of ether oxygens (including phenoxy) is 2. The SMILES string of the molecule is CNS(=O)(=O)c1ccc2c(c1)N(C(=O)OC(C)(C)C)CCO2. The van der Waals surface area contributed by atoms with E-state index >= 15 is 0 Å². The molecule has 0 unspecified atom stereocenters. The number of nitrogens with one attached hydrogen (secondary N) is 1. The van der Waals surface area contributed by atoms with Gasteiger partial charge in [-0.05, 0) is 46.0 Å². The zero-order chi connectivity index (χ0) is 16.5. The Morgan fingerprint density at radius 1 is 1.36 bits per heavy atom. The highest BCUT2D eigenvalue weighted by Crippen LogP contribution is 2.34. The van der Waals surface area contributed by atoms with E-state index in [2.05, 4.69) is 4.72 Å². The third-order valence-electron chi connectivity index (χ3n) is 2.99. The standard InChI is InChI=1S/C14H20N2O5S/c1-14(2,3)21-13(17)16-7-8-20-12-6-5-10(9-11(12)16)22(18,19)15-4/h5-6,9,15H,7-8H2,1-4H3. The van der Waals surface area contributed by atoms with Crippen molar-refractivity contribution < 1.29 is 22.7 Å². The summed E-state index contributed by atoms with van der Waals surface area (Å²) in [5.74, 6) is 0.451. The van der Waals surface area contributed by atoms with Crippen molar-refractivity contribution in [3.05, 3.63) is 18.2 Å². The van der Waals surface area contributed by atoms with Crippen LogP contribution in [0.4, 0.5) is 10.5 Å². The number of carbonyl (C=O) groups excluding carboxylic acids is 1. The van der Waals surface area contributed by atoms with Crippen LogP contribution in [-0.4, -0.2) is 40.3 Å². The molecule has 0 bridgehead atoms. The number of amides is 1. The van der Waals surface area contributed by atoms with Gasteiger partial charge in [0.2, 0.25) is 10.0 Å². The number of hydrogen-bond donors (Lipinski definition) is 1. The molecule has 1 N–H and O–H groups in total. The smallest absolute Gasteiger partial charge is 0.415 e. The van der Waals surface area contributed by atoms with Crippen LogP contribution in [0.5, 0.6) is 5.75 Å². The van der Waals surface area contributed by atoms with Crippen molar-refractivity contribution in [3.8, 4) is 5.75 Å². The molecule has 0 radical (unpaired) electrons. The van der Waals surface area contributed by atoms with Gasteiger partial charge in [0.05, 0.1) is 17.1 Å². The van der Waals surface area contributed by atoms with Crippen molar-refractivity contribution in [1.29, 1.82) is 0 Å². The molecule has 122 valence electrons. The molecule has 1 aliphatic rings. The Kier molecular flexibility index (Phi) is 4.35. The van der Waals surface area contributed by atoms with Crippen LogP contribution in [-0.2, 0) is 14.8 Å². The van der Waals surface area contributed by atoms with Gasteiger partial charge in [-0.1, -0.05) is 0 Å². The maximum Gasteiger partial charge on any atom is 0.415 e. The number of rotatable bonds is 2. The Morgan fingerprint density at radius 3 is 2.64 bits per heavy atom. The van der Waals surface area contributed by atoms with Gasteiger partial charge in [-0.25, -0.2) is 17.9 Å². The van der Waals surface area contributed by atoms with Crippen LogP contribution in [0.3, 0.4) is 0 Å². The second-order valence-corrected chi connectivity index (χ2v) is 7.70. The lowest BCUT2D eigenvalue weighted by Crippen LogP contribution is -2.41. The lowest BCUT2D eigenvalue weighted by molar-refractivity contribution is 0.0567. The molecule has 22 heavy (non-hydrogen) atoms. The fourth-order valence-electron chi connectivity index (χ4n) is 1.99. The number of benzene rings is 1. The molecule has 1 aromatic carbocycles. The minimum Gasteiger partial charge on any atom is -0.490 e. The molecule has 0 aliphatic carbocycles. The molecular formula is C14H20N2O5S. The van der Waals surface area contributed by atoms with Gasteiger partial charge in [-0.3, -0.25) is 4.90 Å². The predicted molar refractivity (Wildman–Crippen MR) is 81.8 cm³/mol. The molecule has 0 aromatic heterocycles. The van der Waals surface area contributed by atoms with Crippen molar-refractivity contribution >= 4 is 21.8 Å². The largest absolute Gasteiger partial charge is 0.490 e. The first kappa shape index (κ1) is 16.6. The highest BCUT2D eigenvalue weighted by molar-refractivity contribution is 7.89. The first-order valence-electron chi connectivity index (χ1n) is 6.85. The molecule has 2 rings (SSSR count). The zero-order valence-electron chi connectivity index (χ0n) is 13.0. The Balaban J connectivity index is 2.40. The van der Waals surface area contributed by atoms with E-state index in [9.17, 15) is 13.2 Å². The Bertz CT molecular complexity index is 679.